The van der Waals surface area contributed by atoms with E-state index in [1.165, 1.54) is 5.56 Å². The molecule has 0 aliphatic carbocycles. The quantitative estimate of drug-likeness (QED) is 0.751. The fraction of sp³-hybridized carbons (Fsp3) is 0.571. The minimum atomic E-state index is -3.23. The van der Waals surface area contributed by atoms with Gasteiger partial charge in [0.05, 0.1) is 5.75 Å². The van der Waals surface area contributed by atoms with Crippen molar-refractivity contribution in [3.63, 3.8) is 0 Å². The molecule has 0 aromatic heterocycles. The van der Waals surface area contributed by atoms with Crippen LogP contribution < -0.4 is 4.72 Å². The van der Waals surface area contributed by atoms with Gasteiger partial charge in [-0.1, -0.05) is 37.3 Å². The van der Waals surface area contributed by atoms with Crippen LogP contribution in [0.5, 0.6) is 0 Å². The van der Waals surface area contributed by atoms with Crippen molar-refractivity contribution in [1.82, 2.24) is 4.72 Å². The molecule has 0 radical (unpaired) electrons. The van der Waals surface area contributed by atoms with Gasteiger partial charge in [0.1, 0.15) is 0 Å². The Morgan fingerprint density at radius 2 is 1.84 bits per heavy atom. The number of hydrogen-bond acceptors (Lipinski definition) is 2. The van der Waals surface area contributed by atoms with Gasteiger partial charge in [-0.2, -0.15) is 0 Å². The van der Waals surface area contributed by atoms with Crippen molar-refractivity contribution in [3.8, 4) is 0 Å². The Bertz CT molecular complexity index is 462. The molecule has 0 aliphatic rings. The number of sulfonamides is 1. The van der Waals surface area contributed by atoms with Gasteiger partial charge in [-0.25, -0.2) is 13.1 Å². The summed E-state index contributed by atoms with van der Waals surface area (Å²) in [5.41, 5.74) is 1.22. The van der Waals surface area contributed by atoms with Crippen LogP contribution in [0.4, 0.5) is 0 Å². The van der Waals surface area contributed by atoms with Gasteiger partial charge in [-0.05, 0) is 31.2 Å². The first-order valence-electron chi connectivity index (χ1n) is 6.53. The lowest BCUT2D eigenvalue weighted by Crippen LogP contribution is -2.36. The van der Waals surface area contributed by atoms with Crippen molar-refractivity contribution in [2.24, 2.45) is 5.92 Å². The lowest BCUT2D eigenvalue weighted by Gasteiger charge is -2.16. The maximum Gasteiger partial charge on any atom is 0.212 e. The molecule has 2 unspecified atom stereocenters. The summed E-state index contributed by atoms with van der Waals surface area (Å²) in [5, 5.41) is 0. The molecule has 1 aromatic rings. The molecule has 2 atom stereocenters. The predicted molar refractivity (Wildman–Crippen MR) is 81.0 cm³/mol. The Morgan fingerprint density at radius 1 is 1.21 bits per heavy atom. The Hall–Kier alpha value is -0.580. The average Bonchev–Trinajstić information content (AvgIpc) is 2.36. The van der Waals surface area contributed by atoms with E-state index in [0.29, 0.717) is 5.88 Å². The van der Waals surface area contributed by atoms with Crippen LogP contribution in [0.25, 0.3) is 0 Å². The molecule has 0 bridgehead atoms. The van der Waals surface area contributed by atoms with Crippen molar-refractivity contribution in [3.05, 3.63) is 35.9 Å². The summed E-state index contributed by atoms with van der Waals surface area (Å²) in [6, 6.07) is 10.0. The third-order valence-corrected chi connectivity index (χ3v) is 5.15. The van der Waals surface area contributed by atoms with E-state index >= 15 is 0 Å². The van der Waals surface area contributed by atoms with E-state index in [0.717, 1.165) is 12.8 Å². The molecule has 0 spiro atoms. The molecule has 5 heteroatoms. The second-order valence-corrected chi connectivity index (χ2v) is 7.19. The maximum absolute atomic E-state index is 11.9. The van der Waals surface area contributed by atoms with Crippen LogP contribution in [-0.2, 0) is 16.4 Å². The lowest BCUT2D eigenvalue weighted by molar-refractivity contribution is 0.538. The van der Waals surface area contributed by atoms with E-state index < -0.39 is 10.0 Å². The monoisotopic (exact) mass is 303 g/mol. The molecular formula is C14H22ClNO2S. The molecule has 0 saturated carbocycles. The molecule has 3 nitrogen and oxygen atoms in total. The summed E-state index contributed by atoms with van der Waals surface area (Å²) in [5.74, 6) is 0.423. The van der Waals surface area contributed by atoms with Gasteiger partial charge in [-0.15, -0.1) is 11.6 Å². The summed E-state index contributed by atoms with van der Waals surface area (Å²) >= 11 is 5.64. The van der Waals surface area contributed by atoms with Crippen molar-refractivity contribution >= 4 is 21.6 Å². The number of hydrogen-bond donors (Lipinski definition) is 1. The Kier molecular flexibility index (Phi) is 6.83. The van der Waals surface area contributed by atoms with Gasteiger partial charge in [-0.3, -0.25) is 0 Å². The van der Waals surface area contributed by atoms with Gasteiger partial charge >= 0.3 is 0 Å². The third-order valence-electron chi connectivity index (χ3n) is 2.86. The smallest absolute Gasteiger partial charge is 0.212 e. The maximum atomic E-state index is 11.9. The molecule has 0 saturated heterocycles. The van der Waals surface area contributed by atoms with Gasteiger partial charge in [0, 0.05) is 11.9 Å². The third kappa shape index (κ3) is 6.95. The van der Waals surface area contributed by atoms with Crippen LogP contribution in [0.3, 0.4) is 0 Å². The average molecular weight is 304 g/mol. The largest absolute Gasteiger partial charge is 0.212 e. The zero-order valence-corrected chi connectivity index (χ0v) is 13.0. The first-order valence-corrected chi connectivity index (χ1v) is 8.71. The van der Waals surface area contributed by atoms with Gasteiger partial charge in [0.25, 0.3) is 0 Å². The molecule has 0 fully saturated rings. The number of rotatable bonds is 8. The van der Waals surface area contributed by atoms with Crippen LogP contribution in [-0.4, -0.2) is 26.1 Å². The topological polar surface area (TPSA) is 46.2 Å². The highest BCUT2D eigenvalue weighted by Crippen LogP contribution is 2.07. The lowest BCUT2D eigenvalue weighted by atomic mass is 10.1. The zero-order valence-electron chi connectivity index (χ0n) is 11.5. The van der Waals surface area contributed by atoms with E-state index in [-0.39, 0.29) is 17.7 Å². The Morgan fingerprint density at radius 3 is 2.42 bits per heavy atom. The SMILES string of the molecule is CC(CCl)CS(=O)(=O)NC(C)CCc1ccccc1. The highest BCUT2D eigenvalue weighted by atomic mass is 35.5. The molecule has 0 heterocycles. The normalized spacial score (nSPS) is 15.1. The van der Waals surface area contributed by atoms with Crippen LogP contribution in [0, 0.1) is 5.92 Å². The fourth-order valence-corrected chi connectivity index (χ4v) is 3.79. The fourth-order valence-electron chi connectivity index (χ4n) is 1.86. The summed E-state index contributed by atoms with van der Waals surface area (Å²) in [4.78, 5) is 0. The van der Waals surface area contributed by atoms with Crippen LogP contribution in [0.2, 0.25) is 0 Å². The first-order chi connectivity index (χ1) is 8.93. The Balaban J connectivity index is 2.40. The molecule has 108 valence electrons. The summed E-state index contributed by atoms with van der Waals surface area (Å²) in [7, 11) is -3.23. The van der Waals surface area contributed by atoms with E-state index in [1.54, 1.807) is 0 Å². The molecular weight excluding hydrogens is 282 g/mol. The van der Waals surface area contributed by atoms with Crippen molar-refractivity contribution < 1.29 is 8.42 Å². The summed E-state index contributed by atoms with van der Waals surface area (Å²) < 4.78 is 26.4. The predicted octanol–water partition coefficient (Wildman–Crippen LogP) is 2.80. The van der Waals surface area contributed by atoms with Crippen LogP contribution >= 0.6 is 11.6 Å². The van der Waals surface area contributed by atoms with E-state index in [9.17, 15) is 8.42 Å². The second kappa shape index (κ2) is 7.88. The van der Waals surface area contributed by atoms with Gasteiger partial charge < -0.3 is 0 Å². The Labute approximate surface area is 121 Å². The zero-order chi connectivity index (χ0) is 14.3. The standard InChI is InChI=1S/C14H22ClNO2S/c1-12(10-15)11-19(17,18)16-13(2)8-9-14-6-4-3-5-7-14/h3-7,12-13,16H,8-11H2,1-2H3. The van der Waals surface area contributed by atoms with Crippen molar-refractivity contribution in [2.45, 2.75) is 32.7 Å². The highest BCUT2D eigenvalue weighted by molar-refractivity contribution is 7.89. The molecule has 1 aromatic carbocycles. The summed E-state index contributed by atoms with van der Waals surface area (Å²) in [6.45, 7) is 3.73. The molecule has 0 aliphatic heterocycles. The number of aryl methyl sites for hydroxylation is 1. The molecule has 19 heavy (non-hydrogen) atoms. The second-order valence-electron chi connectivity index (χ2n) is 5.08. The minimum Gasteiger partial charge on any atom is -0.212 e. The minimum absolute atomic E-state index is 0.0273. The van der Waals surface area contributed by atoms with E-state index in [2.05, 4.69) is 16.9 Å². The van der Waals surface area contributed by atoms with Gasteiger partial charge in [0.15, 0.2) is 0 Å². The number of halogens is 1. The first kappa shape index (κ1) is 16.5. The van der Waals surface area contributed by atoms with Crippen LogP contribution in [0.15, 0.2) is 30.3 Å². The van der Waals surface area contributed by atoms with Crippen LogP contribution in [0.1, 0.15) is 25.8 Å². The molecule has 0 amide bonds. The number of nitrogens with one attached hydrogen (secondary N) is 1. The number of alkyl halides is 1. The number of benzene rings is 1. The van der Waals surface area contributed by atoms with E-state index in [4.69, 9.17) is 11.6 Å². The highest BCUT2D eigenvalue weighted by Gasteiger charge is 2.17. The molecule has 1 N–H and O–H groups in total. The molecule has 1 rings (SSSR count). The van der Waals surface area contributed by atoms with Crippen molar-refractivity contribution in [2.75, 3.05) is 11.6 Å². The van der Waals surface area contributed by atoms with Gasteiger partial charge in [0.2, 0.25) is 10.0 Å². The van der Waals surface area contributed by atoms with E-state index in [1.807, 2.05) is 32.0 Å². The summed E-state index contributed by atoms with van der Waals surface area (Å²) in [6.07, 6.45) is 1.66. The van der Waals surface area contributed by atoms with Crippen molar-refractivity contribution in [1.29, 1.82) is 0 Å².